The summed E-state index contributed by atoms with van der Waals surface area (Å²) < 4.78 is 78.3. The van der Waals surface area contributed by atoms with Gasteiger partial charge in [0.15, 0.2) is 11.5 Å². The zero-order chi connectivity index (χ0) is 27.1. The van der Waals surface area contributed by atoms with Gasteiger partial charge in [-0.2, -0.15) is 13.2 Å². The van der Waals surface area contributed by atoms with Crippen molar-refractivity contribution in [3.05, 3.63) is 48.0 Å². The minimum atomic E-state index is -4.69. The molecule has 37 heavy (non-hydrogen) atoms. The van der Waals surface area contributed by atoms with Crippen molar-refractivity contribution in [3.63, 3.8) is 0 Å². The van der Waals surface area contributed by atoms with Crippen molar-refractivity contribution in [2.75, 3.05) is 51.2 Å². The zero-order valence-corrected chi connectivity index (χ0v) is 21.7. The number of benzene rings is 2. The Bertz CT molecular complexity index is 1170. The highest BCUT2D eigenvalue weighted by Crippen LogP contribution is 2.35. The molecule has 2 aromatic rings. The van der Waals surface area contributed by atoms with Gasteiger partial charge in [0.2, 0.25) is 5.91 Å². The molecule has 0 bridgehead atoms. The van der Waals surface area contributed by atoms with E-state index in [4.69, 9.17) is 9.47 Å². The molecule has 0 atom stereocenters. The molecule has 3 rings (SSSR count). The number of nitrogens with one attached hydrogen (secondary N) is 1. The molecular formula is C25H32F3N3O5S. The van der Waals surface area contributed by atoms with E-state index in [0.29, 0.717) is 23.3 Å². The number of likely N-dealkylation sites (tertiary alicyclic amines) is 1. The number of amides is 1. The van der Waals surface area contributed by atoms with Crippen LogP contribution in [0.3, 0.4) is 0 Å². The van der Waals surface area contributed by atoms with Crippen molar-refractivity contribution in [2.45, 2.75) is 36.8 Å². The standard InChI is InChI=1S/C25H32F3N3O5S/c1-35-22-11-10-21(17-23(22)36-2)37(33,34)31(20-9-6-8-19(16-20)25(26,27)28)18-24(32)29-12-7-15-30-13-4-3-5-14-30/h6,8-11,16-17H,3-5,7,12-15,18H2,1-2H3,(H,29,32). The van der Waals surface area contributed by atoms with Crippen LogP contribution in [-0.4, -0.2) is 66.2 Å². The van der Waals surface area contributed by atoms with E-state index >= 15 is 0 Å². The van der Waals surface area contributed by atoms with E-state index in [-0.39, 0.29) is 22.1 Å². The number of sulfonamides is 1. The summed E-state index contributed by atoms with van der Waals surface area (Å²) in [7, 11) is -1.74. The van der Waals surface area contributed by atoms with Crippen molar-refractivity contribution >= 4 is 21.6 Å². The van der Waals surface area contributed by atoms with Gasteiger partial charge in [-0.05, 0) is 69.2 Å². The Morgan fingerprint density at radius 2 is 1.73 bits per heavy atom. The maximum Gasteiger partial charge on any atom is 0.416 e. The number of carbonyl (C=O) groups excluding carboxylic acids is 1. The topological polar surface area (TPSA) is 88.2 Å². The Morgan fingerprint density at radius 3 is 2.38 bits per heavy atom. The zero-order valence-electron chi connectivity index (χ0n) is 20.9. The van der Waals surface area contributed by atoms with Gasteiger partial charge in [0.05, 0.1) is 30.4 Å². The Hall–Kier alpha value is -2.99. The molecule has 1 N–H and O–H groups in total. The first-order valence-corrected chi connectivity index (χ1v) is 13.4. The van der Waals surface area contributed by atoms with Crippen LogP contribution in [0.4, 0.5) is 18.9 Å². The van der Waals surface area contributed by atoms with Crippen LogP contribution in [0.15, 0.2) is 47.4 Å². The summed E-state index contributed by atoms with van der Waals surface area (Å²) in [5.41, 5.74) is -1.31. The lowest BCUT2D eigenvalue weighted by molar-refractivity contribution is -0.137. The fraction of sp³-hybridized carbons (Fsp3) is 0.480. The fourth-order valence-electron chi connectivity index (χ4n) is 4.16. The number of hydrogen-bond donors (Lipinski definition) is 1. The quantitative estimate of drug-likeness (QED) is 0.433. The summed E-state index contributed by atoms with van der Waals surface area (Å²) in [6.45, 7) is 2.47. The molecule has 1 fully saturated rings. The Kier molecular flexibility index (Phi) is 9.66. The summed E-state index contributed by atoms with van der Waals surface area (Å²) >= 11 is 0. The fourth-order valence-corrected chi connectivity index (χ4v) is 5.59. The molecule has 1 amide bonds. The van der Waals surface area contributed by atoms with Crippen molar-refractivity contribution in [1.29, 1.82) is 0 Å². The van der Waals surface area contributed by atoms with Crippen LogP contribution < -0.4 is 19.1 Å². The van der Waals surface area contributed by atoms with Gasteiger partial charge in [-0.25, -0.2) is 8.42 Å². The summed E-state index contributed by atoms with van der Waals surface area (Å²) in [5, 5.41) is 2.69. The molecule has 0 saturated carbocycles. The van der Waals surface area contributed by atoms with E-state index in [2.05, 4.69) is 10.2 Å². The molecule has 12 heteroatoms. The second-order valence-electron chi connectivity index (χ2n) is 8.68. The van der Waals surface area contributed by atoms with E-state index in [1.165, 1.54) is 44.9 Å². The number of rotatable bonds is 11. The lowest BCUT2D eigenvalue weighted by Gasteiger charge is -2.27. The Balaban J connectivity index is 1.84. The molecule has 1 aliphatic rings. The largest absolute Gasteiger partial charge is 0.493 e. The summed E-state index contributed by atoms with van der Waals surface area (Å²) in [5.74, 6) is -0.228. The third-order valence-electron chi connectivity index (χ3n) is 6.11. The number of halogens is 3. The highest BCUT2D eigenvalue weighted by atomic mass is 32.2. The van der Waals surface area contributed by atoms with Crippen LogP contribution in [0.1, 0.15) is 31.2 Å². The van der Waals surface area contributed by atoms with Crippen molar-refractivity contribution in [1.82, 2.24) is 10.2 Å². The highest BCUT2D eigenvalue weighted by molar-refractivity contribution is 7.92. The molecule has 8 nitrogen and oxygen atoms in total. The second kappa shape index (κ2) is 12.5. The van der Waals surface area contributed by atoms with Crippen LogP contribution >= 0.6 is 0 Å². The summed E-state index contributed by atoms with van der Waals surface area (Å²) in [6, 6.07) is 7.69. The Morgan fingerprint density at radius 1 is 1.03 bits per heavy atom. The lowest BCUT2D eigenvalue weighted by atomic mass is 10.1. The number of ether oxygens (including phenoxy) is 2. The molecule has 2 aromatic carbocycles. The lowest BCUT2D eigenvalue weighted by Crippen LogP contribution is -2.41. The average Bonchev–Trinajstić information content (AvgIpc) is 2.89. The maximum atomic E-state index is 13.6. The smallest absolute Gasteiger partial charge is 0.416 e. The van der Waals surface area contributed by atoms with Gasteiger partial charge in [-0.1, -0.05) is 12.5 Å². The third-order valence-corrected chi connectivity index (χ3v) is 7.88. The molecule has 1 heterocycles. The number of nitrogens with zero attached hydrogens (tertiary/aromatic N) is 2. The first-order chi connectivity index (χ1) is 17.6. The van der Waals surface area contributed by atoms with E-state index in [9.17, 15) is 26.4 Å². The van der Waals surface area contributed by atoms with Crippen molar-refractivity contribution in [2.24, 2.45) is 0 Å². The molecule has 0 spiro atoms. The average molecular weight is 544 g/mol. The van der Waals surface area contributed by atoms with Crippen molar-refractivity contribution in [3.8, 4) is 11.5 Å². The van der Waals surface area contributed by atoms with Gasteiger partial charge in [0.25, 0.3) is 10.0 Å². The molecule has 204 valence electrons. The molecule has 0 aromatic heterocycles. The molecule has 1 saturated heterocycles. The summed E-state index contributed by atoms with van der Waals surface area (Å²) in [4.78, 5) is 14.8. The Labute approximate surface area is 215 Å². The monoisotopic (exact) mass is 543 g/mol. The predicted molar refractivity (Wildman–Crippen MR) is 133 cm³/mol. The molecule has 0 radical (unpaired) electrons. The summed E-state index contributed by atoms with van der Waals surface area (Å²) in [6.07, 6.45) is -0.505. The highest BCUT2D eigenvalue weighted by Gasteiger charge is 2.33. The number of methoxy groups -OCH3 is 2. The second-order valence-corrected chi connectivity index (χ2v) is 10.5. The minimum Gasteiger partial charge on any atom is -0.493 e. The first-order valence-electron chi connectivity index (χ1n) is 12.0. The van der Waals surface area contributed by atoms with Gasteiger partial charge < -0.3 is 19.7 Å². The van der Waals surface area contributed by atoms with Crippen LogP contribution in [0.5, 0.6) is 11.5 Å². The van der Waals surface area contributed by atoms with Gasteiger partial charge >= 0.3 is 6.18 Å². The van der Waals surface area contributed by atoms with E-state index in [0.717, 1.165) is 44.6 Å². The van der Waals surface area contributed by atoms with Gasteiger partial charge in [0, 0.05) is 12.6 Å². The third kappa shape index (κ3) is 7.51. The molecule has 0 aliphatic carbocycles. The van der Waals surface area contributed by atoms with Gasteiger partial charge in [0.1, 0.15) is 6.54 Å². The minimum absolute atomic E-state index is 0.120. The van der Waals surface area contributed by atoms with E-state index in [1.54, 1.807) is 0 Å². The molecular weight excluding hydrogens is 511 g/mol. The van der Waals surface area contributed by atoms with Gasteiger partial charge in [-0.15, -0.1) is 0 Å². The van der Waals surface area contributed by atoms with Gasteiger partial charge in [-0.3, -0.25) is 9.10 Å². The SMILES string of the molecule is COc1ccc(S(=O)(=O)N(CC(=O)NCCCN2CCCCC2)c2cccc(C(F)(F)F)c2)cc1OC. The van der Waals surface area contributed by atoms with Crippen LogP contribution in [-0.2, 0) is 21.0 Å². The number of anilines is 1. The molecule has 1 aliphatic heterocycles. The predicted octanol–water partition coefficient (Wildman–Crippen LogP) is 3.91. The number of hydrogen-bond acceptors (Lipinski definition) is 6. The normalized spacial score (nSPS) is 14.7. The number of alkyl halides is 3. The number of piperidine rings is 1. The van der Waals surface area contributed by atoms with Crippen LogP contribution in [0.25, 0.3) is 0 Å². The van der Waals surface area contributed by atoms with E-state index < -0.39 is 34.2 Å². The number of carbonyl (C=O) groups is 1. The first kappa shape index (κ1) is 28.6. The van der Waals surface area contributed by atoms with Crippen LogP contribution in [0.2, 0.25) is 0 Å². The maximum absolute atomic E-state index is 13.6. The molecule has 0 unspecified atom stereocenters. The van der Waals surface area contributed by atoms with Crippen molar-refractivity contribution < 1.29 is 35.9 Å². The van der Waals surface area contributed by atoms with Crippen LogP contribution in [0, 0.1) is 0 Å². The van der Waals surface area contributed by atoms with E-state index in [1.807, 2.05) is 0 Å².